The summed E-state index contributed by atoms with van der Waals surface area (Å²) < 4.78 is 11.9. The predicted octanol–water partition coefficient (Wildman–Crippen LogP) is 3.85. The number of hydrogen-bond acceptors (Lipinski definition) is 2. The number of rotatable bonds is 1. The fourth-order valence-corrected chi connectivity index (χ4v) is 3.29. The molecule has 0 amide bonds. The third-order valence-corrected chi connectivity index (χ3v) is 4.71. The standard InChI is InChI=1S/C16H29O2/c1-15(2)8-7-14(18-11-9-15)13-6-5-10-17-12-16(13,3)4/h8,13-14H,5-7,9-12H2,1-4H3. The third-order valence-electron chi connectivity index (χ3n) is 4.71. The van der Waals surface area contributed by atoms with Gasteiger partial charge in [-0.2, -0.15) is 0 Å². The molecule has 0 N–H and O–H groups in total. The Hall–Kier alpha value is -0.0800. The summed E-state index contributed by atoms with van der Waals surface area (Å²) >= 11 is 0. The molecule has 2 nitrogen and oxygen atoms in total. The average molecular weight is 253 g/mol. The topological polar surface area (TPSA) is 18.5 Å². The average Bonchev–Trinajstić information content (AvgIpc) is 2.54. The van der Waals surface area contributed by atoms with Gasteiger partial charge in [0.1, 0.15) is 0 Å². The van der Waals surface area contributed by atoms with Crippen LogP contribution in [0.2, 0.25) is 0 Å². The number of ether oxygens (including phenoxy) is 2. The van der Waals surface area contributed by atoms with E-state index in [1.165, 1.54) is 12.8 Å². The summed E-state index contributed by atoms with van der Waals surface area (Å²) in [5.41, 5.74) is 0.573. The summed E-state index contributed by atoms with van der Waals surface area (Å²) in [6, 6.07) is 0. The van der Waals surface area contributed by atoms with Gasteiger partial charge in [-0.05, 0) is 48.9 Å². The predicted molar refractivity (Wildman–Crippen MR) is 74.4 cm³/mol. The van der Waals surface area contributed by atoms with Crippen LogP contribution in [-0.4, -0.2) is 25.9 Å². The summed E-state index contributed by atoms with van der Waals surface area (Å²) in [7, 11) is 0. The first-order valence-electron chi connectivity index (χ1n) is 7.44. The van der Waals surface area contributed by atoms with Crippen LogP contribution in [0.5, 0.6) is 0 Å². The van der Waals surface area contributed by atoms with E-state index in [-0.39, 0.29) is 5.41 Å². The molecule has 2 unspecified atom stereocenters. The fourth-order valence-electron chi connectivity index (χ4n) is 3.29. The molecule has 2 aliphatic heterocycles. The molecule has 0 aromatic rings. The van der Waals surface area contributed by atoms with Crippen LogP contribution in [0.25, 0.3) is 0 Å². The van der Waals surface area contributed by atoms with Gasteiger partial charge in [0.2, 0.25) is 0 Å². The second-order valence-electron chi connectivity index (χ2n) is 7.38. The second kappa shape index (κ2) is 5.50. The van der Waals surface area contributed by atoms with Crippen LogP contribution >= 0.6 is 0 Å². The first-order valence-corrected chi connectivity index (χ1v) is 7.44. The highest BCUT2D eigenvalue weighted by Gasteiger charge is 2.39. The molecule has 0 aliphatic carbocycles. The Morgan fingerprint density at radius 3 is 2.67 bits per heavy atom. The Morgan fingerprint density at radius 2 is 1.89 bits per heavy atom. The van der Waals surface area contributed by atoms with Crippen LogP contribution < -0.4 is 0 Å². The minimum atomic E-state index is 0.240. The van der Waals surface area contributed by atoms with E-state index in [4.69, 9.17) is 9.47 Å². The van der Waals surface area contributed by atoms with Crippen molar-refractivity contribution in [3.8, 4) is 0 Å². The van der Waals surface area contributed by atoms with E-state index in [0.29, 0.717) is 17.4 Å². The summed E-state index contributed by atoms with van der Waals surface area (Å²) in [5, 5.41) is 0. The van der Waals surface area contributed by atoms with Gasteiger partial charge in [-0.15, -0.1) is 0 Å². The van der Waals surface area contributed by atoms with E-state index in [2.05, 4.69) is 34.1 Å². The molecule has 0 spiro atoms. The SMILES string of the molecule is CC1(C)[CH]CC(C2CCCOCC2(C)C)OCC1. The molecule has 0 bridgehead atoms. The molecule has 2 heteroatoms. The lowest BCUT2D eigenvalue weighted by Crippen LogP contribution is -2.37. The maximum Gasteiger partial charge on any atom is 0.0612 e. The molecule has 0 saturated carbocycles. The Balaban J connectivity index is 2.04. The van der Waals surface area contributed by atoms with Crippen molar-refractivity contribution in [3.05, 3.63) is 6.42 Å². The highest BCUT2D eigenvalue weighted by atomic mass is 16.5. The highest BCUT2D eigenvalue weighted by Crippen LogP contribution is 2.41. The van der Waals surface area contributed by atoms with Gasteiger partial charge in [-0.25, -0.2) is 0 Å². The largest absolute Gasteiger partial charge is 0.381 e. The molecule has 1 radical (unpaired) electrons. The molecule has 2 atom stereocenters. The first-order chi connectivity index (χ1) is 8.41. The zero-order valence-electron chi connectivity index (χ0n) is 12.5. The van der Waals surface area contributed by atoms with Crippen LogP contribution in [0.4, 0.5) is 0 Å². The maximum absolute atomic E-state index is 6.18. The second-order valence-corrected chi connectivity index (χ2v) is 7.38. The smallest absolute Gasteiger partial charge is 0.0612 e. The summed E-state index contributed by atoms with van der Waals surface area (Å²) in [4.78, 5) is 0. The summed E-state index contributed by atoms with van der Waals surface area (Å²) in [5.74, 6) is 0.630. The molecule has 105 valence electrons. The van der Waals surface area contributed by atoms with Gasteiger partial charge in [0, 0.05) is 13.2 Å². The van der Waals surface area contributed by atoms with Crippen LogP contribution in [-0.2, 0) is 9.47 Å². The van der Waals surface area contributed by atoms with E-state index >= 15 is 0 Å². The summed E-state index contributed by atoms with van der Waals surface area (Å²) in [6.07, 6.45) is 7.53. The molecule has 0 aromatic carbocycles. The van der Waals surface area contributed by atoms with Crippen molar-refractivity contribution in [2.45, 2.75) is 59.5 Å². The Bertz CT molecular complexity index is 270. The molecule has 2 heterocycles. The molecular formula is C16H29O2. The van der Waals surface area contributed by atoms with Crippen molar-refractivity contribution in [1.82, 2.24) is 0 Å². The molecule has 2 aliphatic rings. The summed E-state index contributed by atoms with van der Waals surface area (Å²) in [6.45, 7) is 12.0. The van der Waals surface area contributed by atoms with E-state index < -0.39 is 0 Å². The Kier molecular flexibility index (Phi) is 4.38. The minimum Gasteiger partial charge on any atom is -0.381 e. The van der Waals surface area contributed by atoms with Gasteiger partial charge < -0.3 is 9.47 Å². The maximum atomic E-state index is 6.18. The number of hydrogen-bond donors (Lipinski definition) is 0. The highest BCUT2D eigenvalue weighted by molar-refractivity contribution is 4.94. The third kappa shape index (κ3) is 3.48. The van der Waals surface area contributed by atoms with Crippen LogP contribution in [0.1, 0.15) is 53.4 Å². The van der Waals surface area contributed by atoms with Gasteiger partial charge in [0.15, 0.2) is 0 Å². The molecule has 0 aromatic heterocycles. The Morgan fingerprint density at radius 1 is 1.11 bits per heavy atom. The van der Waals surface area contributed by atoms with Gasteiger partial charge >= 0.3 is 0 Å². The first kappa shape index (κ1) is 14.3. The van der Waals surface area contributed by atoms with Gasteiger partial charge in [-0.1, -0.05) is 27.7 Å². The van der Waals surface area contributed by atoms with Gasteiger partial charge in [-0.3, -0.25) is 0 Å². The molecule has 2 fully saturated rings. The van der Waals surface area contributed by atoms with Gasteiger partial charge in [0.05, 0.1) is 12.7 Å². The minimum absolute atomic E-state index is 0.240. The fraction of sp³-hybridized carbons (Fsp3) is 0.938. The normalized spacial score (nSPS) is 36.7. The van der Waals surface area contributed by atoms with Crippen molar-refractivity contribution < 1.29 is 9.47 Å². The van der Waals surface area contributed by atoms with Crippen LogP contribution in [0, 0.1) is 23.2 Å². The molecule has 18 heavy (non-hydrogen) atoms. The van der Waals surface area contributed by atoms with Gasteiger partial charge in [0.25, 0.3) is 0 Å². The lowest BCUT2D eigenvalue weighted by molar-refractivity contribution is -0.0413. The molecule has 2 saturated heterocycles. The lowest BCUT2D eigenvalue weighted by Gasteiger charge is -2.37. The van der Waals surface area contributed by atoms with Crippen molar-refractivity contribution in [3.63, 3.8) is 0 Å². The molecule has 2 rings (SSSR count). The van der Waals surface area contributed by atoms with E-state index in [1.807, 2.05) is 0 Å². The molecular weight excluding hydrogens is 224 g/mol. The van der Waals surface area contributed by atoms with E-state index in [0.717, 1.165) is 32.7 Å². The van der Waals surface area contributed by atoms with Crippen LogP contribution in [0.3, 0.4) is 0 Å². The zero-order valence-corrected chi connectivity index (χ0v) is 12.5. The quantitative estimate of drug-likeness (QED) is 0.706. The van der Waals surface area contributed by atoms with Crippen molar-refractivity contribution in [1.29, 1.82) is 0 Å². The Labute approximate surface area is 112 Å². The van der Waals surface area contributed by atoms with Crippen LogP contribution in [0.15, 0.2) is 0 Å². The van der Waals surface area contributed by atoms with Crippen molar-refractivity contribution >= 4 is 0 Å². The van der Waals surface area contributed by atoms with E-state index in [9.17, 15) is 0 Å². The van der Waals surface area contributed by atoms with Crippen molar-refractivity contribution in [2.24, 2.45) is 16.7 Å². The zero-order chi connectivity index (χ0) is 13.2. The van der Waals surface area contributed by atoms with E-state index in [1.54, 1.807) is 0 Å². The van der Waals surface area contributed by atoms with Crippen molar-refractivity contribution in [2.75, 3.05) is 19.8 Å². The monoisotopic (exact) mass is 253 g/mol. The lowest BCUT2D eigenvalue weighted by atomic mass is 9.72.